The van der Waals surface area contributed by atoms with Gasteiger partial charge in [0.05, 0.1) is 13.2 Å². The number of hydrogen-bond acceptors (Lipinski definition) is 4. The lowest BCUT2D eigenvalue weighted by Crippen LogP contribution is -2.18. The molecule has 1 aromatic carbocycles. The third kappa shape index (κ3) is 5.94. The number of hydrogen-bond donors (Lipinski definition) is 1. The van der Waals surface area contributed by atoms with Crippen LogP contribution in [0.15, 0.2) is 48.8 Å². The first-order valence-electron chi connectivity index (χ1n) is 7.19. The van der Waals surface area contributed by atoms with Crippen LogP contribution in [0.25, 0.3) is 0 Å². The monoisotopic (exact) mass is 286 g/mol. The van der Waals surface area contributed by atoms with Crippen molar-refractivity contribution in [1.82, 2.24) is 10.3 Å². The minimum absolute atomic E-state index is 0.676. The second-order valence-corrected chi connectivity index (χ2v) is 4.77. The standard InChI is InChI=1S/C17H22N2O2/c1-20-13-11-19-14-16-2-4-17(5-3-16)21-12-8-15-6-9-18-10-7-15/h2-7,9-10,19H,8,11-14H2,1H3. The summed E-state index contributed by atoms with van der Waals surface area (Å²) in [6.07, 6.45) is 4.50. The van der Waals surface area contributed by atoms with E-state index in [0.717, 1.165) is 31.9 Å². The van der Waals surface area contributed by atoms with Gasteiger partial charge in [-0.2, -0.15) is 0 Å². The maximum Gasteiger partial charge on any atom is 0.119 e. The van der Waals surface area contributed by atoms with Crippen LogP contribution in [0.4, 0.5) is 0 Å². The van der Waals surface area contributed by atoms with E-state index in [-0.39, 0.29) is 0 Å². The molecular weight excluding hydrogens is 264 g/mol. The molecule has 0 aliphatic heterocycles. The summed E-state index contributed by atoms with van der Waals surface area (Å²) < 4.78 is 10.7. The molecule has 0 aliphatic rings. The molecular formula is C17H22N2O2. The lowest BCUT2D eigenvalue weighted by atomic mass is 10.2. The van der Waals surface area contributed by atoms with E-state index in [1.807, 2.05) is 24.3 Å². The van der Waals surface area contributed by atoms with E-state index in [1.165, 1.54) is 11.1 Å². The van der Waals surface area contributed by atoms with E-state index in [9.17, 15) is 0 Å². The Balaban J connectivity index is 1.69. The number of benzene rings is 1. The second-order valence-electron chi connectivity index (χ2n) is 4.77. The molecule has 0 bridgehead atoms. The van der Waals surface area contributed by atoms with Gasteiger partial charge in [0, 0.05) is 39.0 Å². The molecule has 2 aromatic rings. The maximum atomic E-state index is 5.75. The van der Waals surface area contributed by atoms with Crippen LogP contribution in [0.1, 0.15) is 11.1 Å². The molecule has 0 saturated carbocycles. The van der Waals surface area contributed by atoms with Gasteiger partial charge in [-0.05, 0) is 35.4 Å². The van der Waals surface area contributed by atoms with Crippen LogP contribution in [0.3, 0.4) is 0 Å². The van der Waals surface area contributed by atoms with Crippen LogP contribution in [0, 0.1) is 0 Å². The van der Waals surface area contributed by atoms with Crippen molar-refractivity contribution in [3.63, 3.8) is 0 Å². The molecule has 0 amide bonds. The Bertz CT molecular complexity index is 500. The minimum Gasteiger partial charge on any atom is -0.493 e. The predicted molar refractivity (Wildman–Crippen MR) is 83.5 cm³/mol. The summed E-state index contributed by atoms with van der Waals surface area (Å²) in [5, 5.41) is 3.31. The average Bonchev–Trinajstić information content (AvgIpc) is 2.54. The van der Waals surface area contributed by atoms with Crippen molar-refractivity contribution in [1.29, 1.82) is 0 Å². The van der Waals surface area contributed by atoms with Gasteiger partial charge in [-0.1, -0.05) is 12.1 Å². The van der Waals surface area contributed by atoms with Crippen molar-refractivity contribution >= 4 is 0 Å². The molecule has 2 rings (SSSR count). The Morgan fingerprint density at radius 2 is 1.71 bits per heavy atom. The molecule has 0 spiro atoms. The van der Waals surface area contributed by atoms with Crippen LogP contribution >= 0.6 is 0 Å². The summed E-state index contributed by atoms with van der Waals surface area (Å²) in [5.74, 6) is 0.907. The lowest BCUT2D eigenvalue weighted by molar-refractivity contribution is 0.199. The van der Waals surface area contributed by atoms with E-state index in [4.69, 9.17) is 9.47 Å². The third-order valence-electron chi connectivity index (χ3n) is 3.14. The summed E-state index contributed by atoms with van der Waals surface area (Å²) >= 11 is 0. The molecule has 1 N–H and O–H groups in total. The van der Waals surface area contributed by atoms with Crippen molar-refractivity contribution in [3.05, 3.63) is 59.9 Å². The molecule has 4 nitrogen and oxygen atoms in total. The molecule has 0 saturated heterocycles. The molecule has 0 unspecified atom stereocenters. The fraction of sp³-hybridized carbons (Fsp3) is 0.353. The van der Waals surface area contributed by atoms with Crippen LogP contribution < -0.4 is 10.1 Å². The van der Waals surface area contributed by atoms with Crippen molar-refractivity contribution < 1.29 is 9.47 Å². The van der Waals surface area contributed by atoms with Crippen molar-refractivity contribution in [2.75, 3.05) is 26.9 Å². The molecule has 1 aromatic heterocycles. The summed E-state index contributed by atoms with van der Waals surface area (Å²) in [4.78, 5) is 4.00. The van der Waals surface area contributed by atoms with Gasteiger partial charge in [0.25, 0.3) is 0 Å². The summed E-state index contributed by atoms with van der Waals surface area (Å²) in [7, 11) is 1.71. The minimum atomic E-state index is 0.676. The highest BCUT2D eigenvalue weighted by atomic mass is 16.5. The van der Waals surface area contributed by atoms with Crippen molar-refractivity contribution in [3.8, 4) is 5.75 Å². The van der Waals surface area contributed by atoms with E-state index in [1.54, 1.807) is 19.5 Å². The zero-order chi connectivity index (χ0) is 14.8. The van der Waals surface area contributed by atoms with Gasteiger partial charge in [-0.25, -0.2) is 0 Å². The number of ether oxygens (including phenoxy) is 2. The number of pyridine rings is 1. The number of methoxy groups -OCH3 is 1. The Labute approximate surface area is 126 Å². The smallest absolute Gasteiger partial charge is 0.119 e. The molecule has 0 radical (unpaired) electrons. The van der Waals surface area contributed by atoms with E-state index < -0.39 is 0 Å². The summed E-state index contributed by atoms with van der Waals surface area (Å²) in [5.41, 5.74) is 2.48. The molecule has 0 atom stereocenters. The highest BCUT2D eigenvalue weighted by Crippen LogP contribution is 2.12. The molecule has 0 fully saturated rings. The van der Waals surface area contributed by atoms with Crippen LogP contribution in [0.2, 0.25) is 0 Å². The molecule has 112 valence electrons. The van der Waals surface area contributed by atoms with Crippen LogP contribution in [-0.2, 0) is 17.7 Å². The quantitative estimate of drug-likeness (QED) is 0.719. The van der Waals surface area contributed by atoms with Gasteiger partial charge in [-0.3, -0.25) is 4.98 Å². The molecule has 1 heterocycles. The van der Waals surface area contributed by atoms with Gasteiger partial charge in [0.1, 0.15) is 5.75 Å². The van der Waals surface area contributed by atoms with Gasteiger partial charge < -0.3 is 14.8 Å². The van der Waals surface area contributed by atoms with Crippen molar-refractivity contribution in [2.24, 2.45) is 0 Å². The maximum absolute atomic E-state index is 5.75. The SMILES string of the molecule is COCCNCc1ccc(OCCc2ccncc2)cc1. The predicted octanol–water partition coefficient (Wildman–Crippen LogP) is 2.44. The first-order valence-corrected chi connectivity index (χ1v) is 7.19. The van der Waals surface area contributed by atoms with Gasteiger partial charge in [0.15, 0.2) is 0 Å². The zero-order valence-electron chi connectivity index (χ0n) is 12.4. The highest BCUT2D eigenvalue weighted by molar-refractivity contribution is 5.27. The fourth-order valence-corrected chi connectivity index (χ4v) is 1.95. The average molecular weight is 286 g/mol. The van der Waals surface area contributed by atoms with Crippen molar-refractivity contribution in [2.45, 2.75) is 13.0 Å². The number of rotatable bonds is 9. The third-order valence-corrected chi connectivity index (χ3v) is 3.14. The number of aromatic nitrogens is 1. The van der Waals surface area contributed by atoms with E-state index in [2.05, 4.69) is 22.4 Å². The molecule has 4 heteroatoms. The Hall–Kier alpha value is -1.91. The normalized spacial score (nSPS) is 10.5. The first-order chi connectivity index (χ1) is 10.4. The lowest BCUT2D eigenvalue weighted by Gasteiger charge is -2.08. The second kappa shape index (κ2) is 9.10. The number of nitrogens with zero attached hydrogens (tertiary/aromatic N) is 1. The summed E-state index contributed by atoms with van der Waals surface area (Å²) in [6, 6.07) is 12.2. The Kier molecular flexibility index (Phi) is 6.71. The molecule has 0 aliphatic carbocycles. The van der Waals surface area contributed by atoms with Crippen LogP contribution in [0.5, 0.6) is 5.75 Å². The molecule has 21 heavy (non-hydrogen) atoms. The van der Waals surface area contributed by atoms with Gasteiger partial charge in [-0.15, -0.1) is 0 Å². The van der Waals surface area contributed by atoms with E-state index >= 15 is 0 Å². The largest absolute Gasteiger partial charge is 0.493 e. The van der Waals surface area contributed by atoms with Gasteiger partial charge in [0.2, 0.25) is 0 Å². The topological polar surface area (TPSA) is 43.4 Å². The van der Waals surface area contributed by atoms with Crippen LogP contribution in [-0.4, -0.2) is 31.9 Å². The first kappa shape index (κ1) is 15.5. The fourth-order valence-electron chi connectivity index (χ4n) is 1.95. The van der Waals surface area contributed by atoms with E-state index in [0.29, 0.717) is 6.61 Å². The summed E-state index contributed by atoms with van der Waals surface area (Å²) in [6.45, 7) is 3.12. The number of nitrogens with one attached hydrogen (secondary N) is 1. The Morgan fingerprint density at radius 1 is 0.952 bits per heavy atom. The zero-order valence-corrected chi connectivity index (χ0v) is 12.4. The Morgan fingerprint density at radius 3 is 2.43 bits per heavy atom. The van der Waals surface area contributed by atoms with Gasteiger partial charge >= 0.3 is 0 Å². The highest BCUT2D eigenvalue weighted by Gasteiger charge is 1.97.